The molecule has 3 fully saturated rings. The first-order valence-electron chi connectivity index (χ1n) is 11.7. The fourth-order valence-electron chi connectivity index (χ4n) is 4.19. The van der Waals surface area contributed by atoms with Crippen molar-refractivity contribution in [3.63, 3.8) is 0 Å². The zero-order chi connectivity index (χ0) is 25.8. The SMILES string of the molecule is CC(C)OC(=O)CN1C(=O)S/C(=C\c2cc([N+](=O)[O-])c(N3CCOCC3)cc2N2CCOCC2)C1=O. The molecule has 13 heteroatoms. The van der Waals surface area contributed by atoms with Gasteiger partial charge in [0.25, 0.3) is 16.8 Å². The topological polar surface area (TPSA) is 132 Å². The number of imide groups is 1. The van der Waals surface area contributed by atoms with Crippen LogP contribution >= 0.6 is 11.8 Å². The van der Waals surface area contributed by atoms with Gasteiger partial charge in [-0.05, 0) is 37.8 Å². The van der Waals surface area contributed by atoms with Gasteiger partial charge < -0.3 is 24.0 Å². The molecule has 0 aliphatic carbocycles. The van der Waals surface area contributed by atoms with Crippen LogP contribution in [0, 0.1) is 10.1 Å². The van der Waals surface area contributed by atoms with Crippen molar-refractivity contribution in [2.75, 3.05) is 69.0 Å². The molecule has 4 rings (SSSR count). The maximum Gasteiger partial charge on any atom is 0.326 e. The second-order valence-electron chi connectivity index (χ2n) is 8.66. The summed E-state index contributed by atoms with van der Waals surface area (Å²) < 4.78 is 15.9. The maximum absolute atomic E-state index is 13.0. The van der Waals surface area contributed by atoms with E-state index >= 15 is 0 Å². The van der Waals surface area contributed by atoms with E-state index in [0.717, 1.165) is 4.90 Å². The van der Waals surface area contributed by atoms with E-state index in [9.17, 15) is 24.5 Å². The quantitative estimate of drug-likeness (QED) is 0.227. The third-order valence-corrected chi connectivity index (χ3v) is 6.75. The van der Waals surface area contributed by atoms with Crippen LogP contribution in [-0.4, -0.2) is 92.2 Å². The Labute approximate surface area is 212 Å². The monoisotopic (exact) mass is 520 g/mol. The highest BCUT2D eigenvalue weighted by Crippen LogP contribution is 2.40. The number of anilines is 2. The normalized spacial score (nSPS) is 20.0. The minimum absolute atomic E-state index is 0.0836. The average molecular weight is 521 g/mol. The summed E-state index contributed by atoms with van der Waals surface area (Å²) in [5.74, 6) is -1.33. The number of carbonyl (C=O) groups is 3. The molecule has 0 spiro atoms. The number of benzene rings is 1. The van der Waals surface area contributed by atoms with E-state index in [1.807, 2.05) is 9.80 Å². The molecule has 3 aliphatic rings. The van der Waals surface area contributed by atoms with Crippen molar-refractivity contribution < 1.29 is 33.5 Å². The van der Waals surface area contributed by atoms with Crippen molar-refractivity contribution in [1.82, 2.24) is 4.90 Å². The molecule has 2 amide bonds. The van der Waals surface area contributed by atoms with E-state index < -0.39 is 28.6 Å². The lowest BCUT2D eigenvalue weighted by molar-refractivity contribution is -0.384. The molecule has 0 bridgehead atoms. The molecule has 3 saturated heterocycles. The van der Waals surface area contributed by atoms with E-state index in [2.05, 4.69) is 0 Å². The Bertz CT molecular complexity index is 1080. The summed E-state index contributed by atoms with van der Waals surface area (Å²) in [5.41, 5.74) is 1.53. The Morgan fingerprint density at radius 1 is 1.08 bits per heavy atom. The molecule has 1 aromatic carbocycles. The van der Waals surface area contributed by atoms with Crippen molar-refractivity contribution in [3.05, 3.63) is 32.7 Å². The van der Waals surface area contributed by atoms with Crippen LogP contribution in [0.15, 0.2) is 17.0 Å². The number of nitro groups is 1. The molecule has 36 heavy (non-hydrogen) atoms. The lowest BCUT2D eigenvalue weighted by Crippen LogP contribution is -2.38. The number of morpholine rings is 2. The summed E-state index contributed by atoms with van der Waals surface area (Å²) in [6.07, 6.45) is 1.11. The molecule has 0 unspecified atom stereocenters. The summed E-state index contributed by atoms with van der Waals surface area (Å²) >= 11 is 0.690. The van der Waals surface area contributed by atoms with Gasteiger partial charge in [0.1, 0.15) is 12.2 Å². The predicted octanol–water partition coefficient (Wildman–Crippen LogP) is 2.26. The van der Waals surface area contributed by atoms with E-state index in [4.69, 9.17) is 14.2 Å². The molecule has 0 atom stereocenters. The highest BCUT2D eigenvalue weighted by molar-refractivity contribution is 8.18. The Kier molecular flexibility index (Phi) is 8.11. The highest BCUT2D eigenvalue weighted by Gasteiger charge is 2.37. The van der Waals surface area contributed by atoms with E-state index in [1.54, 1.807) is 19.9 Å². The smallest absolute Gasteiger partial charge is 0.326 e. The lowest BCUT2D eigenvalue weighted by Gasteiger charge is -2.33. The number of nitrogens with zero attached hydrogens (tertiary/aromatic N) is 4. The van der Waals surface area contributed by atoms with Gasteiger partial charge in [0.15, 0.2) is 0 Å². The number of esters is 1. The molecule has 1 aromatic rings. The number of rotatable bonds is 7. The fraction of sp³-hybridized carbons (Fsp3) is 0.522. The van der Waals surface area contributed by atoms with Gasteiger partial charge in [0, 0.05) is 43.5 Å². The predicted molar refractivity (Wildman–Crippen MR) is 133 cm³/mol. The average Bonchev–Trinajstić information content (AvgIpc) is 3.11. The van der Waals surface area contributed by atoms with Crippen molar-refractivity contribution in [2.45, 2.75) is 20.0 Å². The number of hydrogen-bond donors (Lipinski definition) is 0. The third-order valence-electron chi connectivity index (χ3n) is 5.84. The first-order chi connectivity index (χ1) is 17.2. The van der Waals surface area contributed by atoms with Crippen LogP contribution in [0.25, 0.3) is 6.08 Å². The van der Waals surface area contributed by atoms with Crippen molar-refractivity contribution >= 4 is 52.0 Å². The number of ether oxygens (including phenoxy) is 3. The number of thioether (sulfide) groups is 1. The van der Waals surface area contributed by atoms with Crippen molar-refractivity contribution in [3.8, 4) is 0 Å². The summed E-state index contributed by atoms with van der Waals surface area (Å²) in [5, 5.41) is 11.4. The van der Waals surface area contributed by atoms with Gasteiger partial charge in [-0.25, -0.2) is 0 Å². The minimum atomic E-state index is -0.687. The summed E-state index contributed by atoms with van der Waals surface area (Å²) in [4.78, 5) is 54.0. The minimum Gasteiger partial charge on any atom is -0.462 e. The molecular formula is C23H28N4O8S. The van der Waals surface area contributed by atoms with Gasteiger partial charge in [-0.2, -0.15) is 0 Å². The van der Waals surface area contributed by atoms with Crippen LogP contribution in [0.4, 0.5) is 21.9 Å². The van der Waals surface area contributed by atoms with Gasteiger partial charge in [0.2, 0.25) is 0 Å². The van der Waals surface area contributed by atoms with Crippen LogP contribution < -0.4 is 9.80 Å². The van der Waals surface area contributed by atoms with Crippen LogP contribution in [-0.2, 0) is 23.8 Å². The van der Waals surface area contributed by atoms with E-state index in [0.29, 0.717) is 81.3 Å². The van der Waals surface area contributed by atoms with E-state index in [1.165, 1.54) is 12.1 Å². The first-order valence-corrected chi connectivity index (χ1v) is 12.5. The summed E-state index contributed by atoms with van der Waals surface area (Å²) in [6, 6.07) is 3.21. The molecule has 0 saturated carbocycles. The Balaban J connectivity index is 1.72. The Morgan fingerprint density at radius 2 is 1.67 bits per heavy atom. The highest BCUT2D eigenvalue weighted by atomic mass is 32.2. The number of hydrogen-bond acceptors (Lipinski definition) is 11. The largest absolute Gasteiger partial charge is 0.462 e. The summed E-state index contributed by atoms with van der Waals surface area (Å²) in [6.45, 7) is 6.98. The molecule has 0 aromatic heterocycles. The fourth-order valence-corrected chi connectivity index (χ4v) is 5.02. The zero-order valence-corrected chi connectivity index (χ0v) is 21.0. The molecule has 0 radical (unpaired) electrons. The number of amides is 2. The van der Waals surface area contributed by atoms with Crippen LogP contribution in [0.3, 0.4) is 0 Å². The molecule has 12 nitrogen and oxygen atoms in total. The molecule has 3 heterocycles. The third kappa shape index (κ3) is 5.79. The number of nitro benzene ring substituents is 1. The van der Waals surface area contributed by atoms with Crippen LogP contribution in [0.1, 0.15) is 19.4 Å². The van der Waals surface area contributed by atoms with Crippen LogP contribution in [0.2, 0.25) is 0 Å². The maximum atomic E-state index is 13.0. The van der Waals surface area contributed by atoms with Crippen LogP contribution in [0.5, 0.6) is 0 Å². The Hall–Kier alpha value is -3.16. The van der Waals surface area contributed by atoms with Gasteiger partial charge in [-0.1, -0.05) is 0 Å². The van der Waals surface area contributed by atoms with Crippen molar-refractivity contribution in [1.29, 1.82) is 0 Å². The zero-order valence-electron chi connectivity index (χ0n) is 20.1. The van der Waals surface area contributed by atoms with Gasteiger partial charge in [-0.15, -0.1) is 0 Å². The van der Waals surface area contributed by atoms with Gasteiger partial charge >= 0.3 is 5.97 Å². The first kappa shape index (κ1) is 25.9. The molecule has 3 aliphatic heterocycles. The summed E-state index contributed by atoms with van der Waals surface area (Å²) in [7, 11) is 0. The van der Waals surface area contributed by atoms with E-state index in [-0.39, 0.29) is 16.7 Å². The standard InChI is InChI=1S/C23H28N4O8S/c1-15(2)35-21(28)14-26-22(29)20(36-23(26)30)12-16-11-19(27(31)32)18(25-5-9-34-10-6-25)13-17(16)24-3-7-33-8-4-24/h11-13,15H,3-10,14H2,1-2H3/b20-12-. The molecule has 0 N–H and O–H groups in total. The Morgan fingerprint density at radius 3 is 2.22 bits per heavy atom. The molecular weight excluding hydrogens is 492 g/mol. The van der Waals surface area contributed by atoms with Gasteiger partial charge in [0.05, 0.1) is 42.4 Å². The second kappa shape index (κ2) is 11.3. The second-order valence-corrected chi connectivity index (χ2v) is 9.66. The lowest BCUT2D eigenvalue weighted by atomic mass is 10.1. The van der Waals surface area contributed by atoms with Gasteiger partial charge in [-0.3, -0.25) is 29.4 Å². The molecule has 194 valence electrons. The van der Waals surface area contributed by atoms with Crippen molar-refractivity contribution in [2.24, 2.45) is 0 Å². The number of carbonyl (C=O) groups excluding carboxylic acids is 3.